The predicted molar refractivity (Wildman–Crippen MR) is 98.3 cm³/mol. The highest BCUT2D eigenvalue weighted by atomic mass is 19.2. The highest BCUT2D eigenvalue weighted by Gasteiger charge is 2.24. The smallest absolute Gasteiger partial charge is 0.261 e. The summed E-state index contributed by atoms with van der Waals surface area (Å²) in [4.78, 5) is 20.1. The summed E-state index contributed by atoms with van der Waals surface area (Å²) in [5.74, 6) is -7.23. The molecule has 2 aromatic carbocycles. The summed E-state index contributed by atoms with van der Waals surface area (Å²) >= 11 is 0. The monoisotopic (exact) mass is 430 g/mol. The van der Waals surface area contributed by atoms with Crippen molar-refractivity contribution < 1.29 is 31.6 Å². The number of anilines is 1. The van der Waals surface area contributed by atoms with E-state index in [1.165, 1.54) is 30.5 Å². The van der Waals surface area contributed by atoms with Crippen molar-refractivity contribution in [2.24, 2.45) is 0 Å². The van der Waals surface area contributed by atoms with Crippen LogP contribution in [0.4, 0.5) is 23.2 Å². The molecule has 0 aliphatic carbocycles. The second-order valence-electron chi connectivity index (χ2n) is 6.06. The zero-order valence-electron chi connectivity index (χ0n) is 15.3. The molecule has 11 heteroatoms. The van der Waals surface area contributed by atoms with Crippen molar-refractivity contribution >= 4 is 11.6 Å². The molecule has 0 bridgehead atoms. The molecule has 0 spiro atoms. The van der Waals surface area contributed by atoms with Gasteiger partial charge in [0.1, 0.15) is 22.8 Å². The lowest BCUT2D eigenvalue weighted by atomic mass is 10.1. The molecule has 31 heavy (non-hydrogen) atoms. The average molecular weight is 430 g/mol. The van der Waals surface area contributed by atoms with E-state index in [-0.39, 0.29) is 17.6 Å². The first-order valence-corrected chi connectivity index (χ1v) is 8.57. The van der Waals surface area contributed by atoms with Gasteiger partial charge in [-0.1, -0.05) is 5.16 Å². The predicted octanol–water partition coefficient (Wildman–Crippen LogP) is 4.73. The number of pyridine rings is 1. The van der Waals surface area contributed by atoms with E-state index in [2.05, 4.69) is 25.0 Å². The minimum atomic E-state index is -1.79. The lowest BCUT2D eigenvalue weighted by Gasteiger charge is -2.10. The number of nitrogens with one attached hydrogen (secondary N) is 1. The molecule has 1 N–H and O–H groups in total. The van der Waals surface area contributed by atoms with E-state index in [1.54, 1.807) is 12.1 Å². The number of rotatable bonds is 5. The Balaban J connectivity index is 1.48. The van der Waals surface area contributed by atoms with Crippen molar-refractivity contribution in [3.05, 3.63) is 83.9 Å². The van der Waals surface area contributed by atoms with Crippen molar-refractivity contribution in [3.63, 3.8) is 0 Å². The van der Waals surface area contributed by atoms with Crippen LogP contribution in [0.25, 0.3) is 11.5 Å². The third kappa shape index (κ3) is 4.20. The molecule has 2 heterocycles. The molecule has 0 unspecified atom stereocenters. The van der Waals surface area contributed by atoms with Gasteiger partial charge >= 0.3 is 0 Å². The van der Waals surface area contributed by atoms with Gasteiger partial charge in [-0.2, -0.15) is 4.98 Å². The van der Waals surface area contributed by atoms with Gasteiger partial charge in [0.2, 0.25) is 12.2 Å². The summed E-state index contributed by atoms with van der Waals surface area (Å²) in [5.41, 5.74) is -0.826. The van der Waals surface area contributed by atoms with Gasteiger partial charge in [-0.15, -0.1) is 0 Å². The maximum Gasteiger partial charge on any atom is 0.261 e. The van der Waals surface area contributed by atoms with Crippen LogP contribution in [-0.4, -0.2) is 21.0 Å². The van der Waals surface area contributed by atoms with E-state index in [0.717, 1.165) is 6.39 Å². The molecule has 0 saturated heterocycles. The molecular formula is C20H10F4N4O3. The SMILES string of the molecule is O=C(Nc1ccc(Oc2ccnc(-c3ncon3)c2)cc1)c1c(F)c(F)cc(F)c1F. The van der Waals surface area contributed by atoms with E-state index >= 15 is 0 Å². The van der Waals surface area contributed by atoms with Crippen LogP contribution >= 0.6 is 0 Å². The maximum atomic E-state index is 13.8. The van der Waals surface area contributed by atoms with Crippen LogP contribution in [0.2, 0.25) is 0 Å². The third-order valence-corrected chi connectivity index (χ3v) is 4.01. The molecule has 0 saturated carbocycles. The number of hydrogen-bond donors (Lipinski definition) is 1. The molecule has 1 amide bonds. The van der Waals surface area contributed by atoms with Crippen molar-refractivity contribution in [2.75, 3.05) is 5.32 Å². The zero-order chi connectivity index (χ0) is 22.0. The molecule has 0 atom stereocenters. The zero-order valence-corrected chi connectivity index (χ0v) is 15.3. The fraction of sp³-hybridized carbons (Fsp3) is 0. The largest absolute Gasteiger partial charge is 0.457 e. The lowest BCUT2D eigenvalue weighted by molar-refractivity contribution is 0.101. The number of nitrogens with zero attached hydrogens (tertiary/aromatic N) is 3. The van der Waals surface area contributed by atoms with E-state index in [0.29, 0.717) is 17.2 Å². The van der Waals surface area contributed by atoms with Gasteiger partial charge in [0, 0.05) is 24.0 Å². The second-order valence-corrected chi connectivity index (χ2v) is 6.06. The number of carbonyl (C=O) groups excluding carboxylic acids is 1. The molecule has 7 nitrogen and oxygen atoms in total. The first kappa shape index (κ1) is 20.0. The summed E-state index contributed by atoms with van der Waals surface area (Å²) in [5, 5.41) is 5.85. The number of benzene rings is 2. The van der Waals surface area contributed by atoms with Crippen LogP contribution in [0.5, 0.6) is 11.5 Å². The summed E-state index contributed by atoms with van der Waals surface area (Å²) in [7, 11) is 0. The van der Waals surface area contributed by atoms with Gasteiger partial charge in [-0.25, -0.2) is 17.6 Å². The Morgan fingerprint density at radius 3 is 2.26 bits per heavy atom. The van der Waals surface area contributed by atoms with Crippen molar-refractivity contribution in [3.8, 4) is 23.0 Å². The number of hydrogen-bond acceptors (Lipinski definition) is 6. The number of aromatic nitrogens is 3. The first-order chi connectivity index (χ1) is 14.9. The number of ether oxygens (including phenoxy) is 1. The van der Waals surface area contributed by atoms with Crippen molar-refractivity contribution in [2.45, 2.75) is 0 Å². The molecule has 2 aromatic heterocycles. The second kappa shape index (κ2) is 8.22. The Morgan fingerprint density at radius 2 is 1.61 bits per heavy atom. The van der Waals surface area contributed by atoms with E-state index in [4.69, 9.17) is 4.74 Å². The summed E-state index contributed by atoms with van der Waals surface area (Å²) < 4.78 is 64.5. The third-order valence-electron chi connectivity index (χ3n) is 4.01. The molecule has 4 aromatic rings. The summed E-state index contributed by atoms with van der Waals surface area (Å²) in [6.45, 7) is 0. The molecule has 4 rings (SSSR count). The molecular weight excluding hydrogens is 420 g/mol. The molecule has 0 aliphatic rings. The van der Waals surface area contributed by atoms with Crippen LogP contribution in [0, 0.1) is 23.3 Å². The summed E-state index contributed by atoms with van der Waals surface area (Å²) in [6.07, 6.45) is 2.64. The standard InChI is InChI=1S/C20H10F4N4O3/c21-13-8-14(22)18(24)16(17(13)23)20(29)27-10-1-3-11(4-2-10)31-12-5-6-25-15(7-12)19-26-9-30-28-19/h1-9H,(H,27,29). The average Bonchev–Trinajstić information content (AvgIpc) is 3.29. The lowest BCUT2D eigenvalue weighted by Crippen LogP contribution is -2.18. The van der Waals surface area contributed by atoms with Gasteiger partial charge in [0.05, 0.1) is 0 Å². The normalized spacial score (nSPS) is 10.7. The number of carbonyl (C=O) groups is 1. The van der Waals surface area contributed by atoms with Gasteiger partial charge < -0.3 is 14.6 Å². The highest BCUT2D eigenvalue weighted by Crippen LogP contribution is 2.26. The first-order valence-electron chi connectivity index (χ1n) is 8.57. The fourth-order valence-electron chi connectivity index (χ4n) is 2.59. The Hall–Kier alpha value is -4.28. The van der Waals surface area contributed by atoms with Gasteiger partial charge in [0.15, 0.2) is 23.3 Å². The maximum absolute atomic E-state index is 13.8. The van der Waals surface area contributed by atoms with E-state index in [1.807, 2.05) is 0 Å². The number of amides is 1. The topological polar surface area (TPSA) is 90.1 Å². The van der Waals surface area contributed by atoms with Crippen LogP contribution in [0.3, 0.4) is 0 Å². The van der Waals surface area contributed by atoms with Crippen molar-refractivity contribution in [1.82, 2.24) is 15.1 Å². The Bertz CT molecular complexity index is 1220. The molecule has 156 valence electrons. The van der Waals surface area contributed by atoms with Crippen molar-refractivity contribution in [1.29, 1.82) is 0 Å². The van der Waals surface area contributed by atoms with Crippen LogP contribution in [0.1, 0.15) is 10.4 Å². The Morgan fingerprint density at radius 1 is 0.903 bits per heavy atom. The minimum Gasteiger partial charge on any atom is -0.457 e. The molecule has 0 radical (unpaired) electrons. The minimum absolute atomic E-state index is 0.0246. The van der Waals surface area contributed by atoms with Crippen LogP contribution in [-0.2, 0) is 0 Å². The van der Waals surface area contributed by atoms with Gasteiger partial charge in [-0.05, 0) is 30.3 Å². The van der Waals surface area contributed by atoms with E-state index in [9.17, 15) is 22.4 Å². The quantitative estimate of drug-likeness (QED) is 0.364. The van der Waals surface area contributed by atoms with E-state index < -0.39 is 34.7 Å². The molecule has 0 aliphatic heterocycles. The van der Waals surface area contributed by atoms with Gasteiger partial charge in [0.25, 0.3) is 5.91 Å². The summed E-state index contributed by atoms with van der Waals surface area (Å²) in [6, 6.07) is 8.86. The fourth-order valence-corrected chi connectivity index (χ4v) is 2.59. The number of halogens is 4. The van der Waals surface area contributed by atoms with Crippen LogP contribution in [0.15, 0.2) is 59.6 Å². The molecule has 0 fully saturated rings. The Kier molecular flexibility index (Phi) is 5.31. The van der Waals surface area contributed by atoms with Gasteiger partial charge in [-0.3, -0.25) is 9.78 Å². The highest BCUT2D eigenvalue weighted by molar-refractivity contribution is 6.04. The Labute approximate surface area is 171 Å². The van der Waals surface area contributed by atoms with Crippen LogP contribution < -0.4 is 10.1 Å².